The molecule has 32 heavy (non-hydrogen) atoms. The number of hydrogen-bond acceptors (Lipinski definition) is 5. The number of ether oxygens (including phenoxy) is 1. The minimum Gasteiger partial charge on any atom is -0.481 e. The lowest BCUT2D eigenvalue weighted by molar-refractivity contribution is -0.152. The number of carboxylic acid groups (broad SMARTS) is 1. The molecule has 0 heterocycles. The van der Waals surface area contributed by atoms with Gasteiger partial charge >= 0.3 is 11.9 Å². The molecule has 0 saturated heterocycles. The van der Waals surface area contributed by atoms with Crippen molar-refractivity contribution in [1.82, 2.24) is 0 Å². The normalized spacial score (nSPS) is 38.0. The highest BCUT2D eigenvalue weighted by Gasteiger charge is 2.59. The standard InChI is InChI=1S/C26H34O6/c1-15-12-20-18-5-4-16-13-17(27)8-10-25(16,2)19(18)9-11-26(20,3)24(15)21(28)14-32-23(31)7-6-22(29)30/h9,13,15,18,20,24H,4-8,10-12,14H2,1-3H3,(H,29,30)/t15-,18?,20?,24+,25-,26-/m0/s1. The van der Waals surface area contributed by atoms with Gasteiger partial charge in [0.25, 0.3) is 0 Å². The van der Waals surface area contributed by atoms with Crippen molar-refractivity contribution >= 4 is 23.5 Å². The predicted molar refractivity (Wildman–Crippen MR) is 118 cm³/mol. The van der Waals surface area contributed by atoms with E-state index in [1.807, 2.05) is 6.08 Å². The first-order chi connectivity index (χ1) is 15.1. The molecule has 0 aromatic rings. The molecule has 0 aliphatic heterocycles. The van der Waals surface area contributed by atoms with E-state index in [2.05, 4.69) is 26.8 Å². The summed E-state index contributed by atoms with van der Waals surface area (Å²) in [4.78, 5) is 47.6. The second kappa shape index (κ2) is 8.27. The van der Waals surface area contributed by atoms with Crippen LogP contribution in [0.3, 0.4) is 0 Å². The topological polar surface area (TPSA) is 97.7 Å². The lowest BCUT2D eigenvalue weighted by Crippen LogP contribution is -2.46. The Morgan fingerprint density at radius 3 is 2.66 bits per heavy atom. The van der Waals surface area contributed by atoms with Gasteiger partial charge in [-0.15, -0.1) is 0 Å². The monoisotopic (exact) mass is 442 g/mol. The van der Waals surface area contributed by atoms with Crippen molar-refractivity contribution < 1.29 is 29.0 Å². The molecule has 6 nitrogen and oxygen atoms in total. The maximum Gasteiger partial charge on any atom is 0.306 e. The number of aliphatic carboxylic acids is 1. The van der Waals surface area contributed by atoms with Crippen LogP contribution in [0.4, 0.5) is 0 Å². The van der Waals surface area contributed by atoms with Crippen LogP contribution in [0.25, 0.3) is 0 Å². The van der Waals surface area contributed by atoms with Gasteiger partial charge in [-0.05, 0) is 61.3 Å². The lowest BCUT2D eigenvalue weighted by atomic mass is 9.51. The van der Waals surface area contributed by atoms with Gasteiger partial charge in [-0.25, -0.2) is 0 Å². The predicted octanol–water partition coefficient (Wildman–Crippen LogP) is 4.28. The lowest BCUT2D eigenvalue weighted by Gasteiger charge is -2.53. The molecule has 4 aliphatic rings. The van der Waals surface area contributed by atoms with E-state index < -0.39 is 11.9 Å². The van der Waals surface area contributed by atoms with Gasteiger partial charge < -0.3 is 9.84 Å². The second-order valence-corrected chi connectivity index (χ2v) is 10.8. The van der Waals surface area contributed by atoms with Gasteiger partial charge in [-0.3, -0.25) is 19.2 Å². The van der Waals surface area contributed by atoms with E-state index in [1.54, 1.807) is 0 Å². The van der Waals surface area contributed by atoms with Crippen LogP contribution < -0.4 is 0 Å². The zero-order chi connectivity index (χ0) is 23.3. The van der Waals surface area contributed by atoms with Gasteiger partial charge in [0.2, 0.25) is 0 Å². The number of carboxylic acids is 1. The molecule has 1 N–H and O–H groups in total. The third-order valence-corrected chi connectivity index (χ3v) is 8.94. The van der Waals surface area contributed by atoms with E-state index in [4.69, 9.17) is 9.84 Å². The number of carbonyl (C=O) groups is 4. The van der Waals surface area contributed by atoms with Gasteiger partial charge in [0, 0.05) is 17.8 Å². The summed E-state index contributed by atoms with van der Waals surface area (Å²) in [5, 5.41) is 8.71. The first-order valence-electron chi connectivity index (χ1n) is 11.9. The van der Waals surface area contributed by atoms with Crippen molar-refractivity contribution in [2.75, 3.05) is 6.61 Å². The van der Waals surface area contributed by atoms with E-state index in [-0.39, 0.29) is 53.7 Å². The minimum absolute atomic E-state index is 0.0246. The largest absolute Gasteiger partial charge is 0.481 e. The fourth-order valence-electron chi connectivity index (χ4n) is 7.43. The first kappa shape index (κ1) is 22.9. The number of fused-ring (bicyclic) bond motifs is 5. The summed E-state index contributed by atoms with van der Waals surface area (Å²) in [7, 11) is 0. The number of carbonyl (C=O) groups excluding carboxylic acids is 3. The molecule has 0 radical (unpaired) electrons. The summed E-state index contributed by atoms with van der Waals surface area (Å²) in [5.74, 6) is -0.614. The van der Waals surface area contributed by atoms with Crippen molar-refractivity contribution in [2.24, 2.45) is 34.5 Å². The number of hydrogen-bond donors (Lipinski definition) is 1. The maximum absolute atomic E-state index is 13.2. The Hall–Kier alpha value is -2.24. The smallest absolute Gasteiger partial charge is 0.306 e. The Kier molecular flexibility index (Phi) is 5.93. The zero-order valence-electron chi connectivity index (χ0n) is 19.3. The molecule has 0 spiro atoms. The highest BCUT2D eigenvalue weighted by Crippen LogP contribution is 2.65. The molecule has 4 aliphatic carbocycles. The zero-order valence-corrected chi connectivity index (χ0v) is 19.3. The van der Waals surface area contributed by atoms with Crippen LogP contribution in [0.1, 0.15) is 72.1 Å². The average molecular weight is 443 g/mol. The van der Waals surface area contributed by atoms with Crippen molar-refractivity contribution in [3.8, 4) is 0 Å². The summed E-state index contributed by atoms with van der Waals surface area (Å²) >= 11 is 0. The molecule has 0 bridgehead atoms. The molecule has 2 unspecified atom stereocenters. The molecular formula is C26H34O6. The van der Waals surface area contributed by atoms with E-state index in [0.717, 1.165) is 32.1 Å². The minimum atomic E-state index is -1.06. The SMILES string of the molecule is C[C@H]1CC2C3CCC4=CC(=O)CC[C@]4(C)C3=CC[C@]2(C)[C@H]1C(=O)COC(=O)CCC(=O)O. The summed E-state index contributed by atoms with van der Waals surface area (Å²) in [6.07, 6.45) is 9.02. The fraction of sp³-hybridized carbons (Fsp3) is 0.692. The van der Waals surface area contributed by atoms with Crippen LogP contribution >= 0.6 is 0 Å². The summed E-state index contributed by atoms with van der Waals surface area (Å²) in [6.45, 7) is 6.38. The van der Waals surface area contributed by atoms with Crippen molar-refractivity contribution in [2.45, 2.75) is 72.1 Å². The number of allylic oxidation sites excluding steroid dienone is 4. The van der Waals surface area contributed by atoms with Gasteiger partial charge in [0.05, 0.1) is 12.8 Å². The van der Waals surface area contributed by atoms with Crippen LogP contribution in [-0.2, 0) is 23.9 Å². The Balaban J connectivity index is 1.51. The Bertz CT molecular complexity index is 913. The highest BCUT2D eigenvalue weighted by atomic mass is 16.5. The molecule has 4 rings (SSSR count). The van der Waals surface area contributed by atoms with Crippen LogP contribution in [0.5, 0.6) is 0 Å². The summed E-state index contributed by atoms with van der Waals surface area (Å²) in [5.41, 5.74) is 2.57. The molecule has 0 aromatic carbocycles. The van der Waals surface area contributed by atoms with Crippen LogP contribution in [0.2, 0.25) is 0 Å². The third-order valence-electron chi connectivity index (χ3n) is 8.94. The van der Waals surface area contributed by atoms with Crippen LogP contribution in [0.15, 0.2) is 23.3 Å². The second-order valence-electron chi connectivity index (χ2n) is 10.8. The van der Waals surface area contributed by atoms with E-state index in [1.165, 1.54) is 11.1 Å². The highest BCUT2D eigenvalue weighted by molar-refractivity contribution is 5.92. The van der Waals surface area contributed by atoms with Gasteiger partial charge in [0.1, 0.15) is 6.61 Å². The number of Topliss-reactive ketones (excluding diaryl/α,β-unsaturated/α-hetero) is 1. The van der Waals surface area contributed by atoms with E-state index in [0.29, 0.717) is 18.3 Å². The molecule has 2 fully saturated rings. The van der Waals surface area contributed by atoms with Crippen molar-refractivity contribution in [3.63, 3.8) is 0 Å². The van der Waals surface area contributed by atoms with E-state index in [9.17, 15) is 19.2 Å². The van der Waals surface area contributed by atoms with E-state index >= 15 is 0 Å². The van der Waals surface area contributed by atoms with Crippen LogP contribution in [0, 0.1) is 34.5 Å². The third kappa shape index (κ3) is 3.75. The van der Waals surface area contributed by atoms with Crippen molar-refractivity contribution in [3.05, 3.63) is 23.3 Å². The molecule has 174 valence electrons. The summed E-state index contributed by atoms with van der Waals surface area (Å²) in [6, 6.07) is 0. The van der Waals surface area contributed by atoms with Crippen molar-refractivity contribution in [1.29, 1.82) is 0 Å². The number of ketones is 2. The molecule has 2 saturated carbocycles. The molecule has 6 heteroatoms. The molecule has 0 amide bonds. The Morgan fingerprint density at radius 1 is 1.19 bits per heavy atom. The van der Waals surface area contributed by atoms with Gasteiger partial charge in [0.15, 0.2) is 11.6 Å². The van der Waals surface area contributed by atoms with Gasteiger partial charge in [-0.2, -0.15) is 0 Å². The number of rotatable bonds is 6. The average Bonchev–Trinajstić information content (AvgIpc) is 3.01. The number of esters is 1. The maximum atomic E-state index is 13.2. The van der Waals surface area contributed by atoms with Crippen LogP contribution in [-0.4, -0.2) is 35.2 Å². The fourth-order valence-corrected chi connectivity index (χ4v) is 7.43. The molecule has 0 aromatic heterocycles. The summed E-state index contributed by atoms with van der Waals surface area (Å²) < 4.78 is 5.14. The Labute approximate surface area is 189 Å². The quantitative estimate of drug-likeness (QED) is 0.487. The first-order valence-corrected chi connectivity index (χ1v) is 11.9. The van der Waals surface area contributed by atoms with Gasteiger partial charge in [-0.1, -0.05) is 38.0 Å². The molecule has 6 atom stereocenters. The Morgan fingerprint density at radius 2 is 1.94 bits per heavy atom. The molecular weight excluding hydrogens is 408 g/mol.